The molecule has 0 saturated carbocycles. The molecule has 0 aromatic rings. The van der Waals surface area contributed by atoms with Crippen LogP contribution in [0.5, 0.6) is 0 Å². The average Bonchev–Trinajstić information content (AvgIpc) is 2.97. The van der Waals surface area contributed by atoms with Crippen molar-refractivity contribution < 1.29 is 34.8 Å². The maximum absolute atomic E-state index is 10.2. The van der Waals surface area contributed by atoms with Crippen molar-refractivity contribution in [3.05, 3.63) is 0 Å². The van der Waals surface area contributed by atoms with Crippen molar-refractivity contribution in [3.63, 3.8) is 0 Å². The summed E-state index contributed by atoms with van der Waals surface area (Å²) >= 11 is 0. The van der Waals surface area contributed by atoms with E-state index in [0.717, 1.165) is 25.7 Å². The maximum Gasteiger partial charge on any atom is 2.00 e. The third kappa shape index (κ3) is 70.2. The molecule has 0 saturated heterocycles. The van der Waals surface area contributed by atoms with Crippen LogP contribution < -0.4 is 20.4 Å². The molecule has 9 heteroatoms. The van der Waals surface area contributed by atoms with E-state index >= 15 is 0 Å². The van der Waals surface area contributed by atoms with Crippen molar-refractivity contribution in [1.82, 2.24) is 0 Å². The summed E-state index contributed by atoms with van der Waals surface area (Å²) in [5, 5.41) is 37.1. The summed E-state index contributed by atoms with van der Waals surface area (Å²) in [6.07, 6.45) is 37.4. The predicted molar refractivity (Wildman–Crippen MR) is 186 cm³/mol. The van der Waals surface area contributed by atoms with Gasteiger partial charge >= 0.3 is 46.1 Å². The molecule has 0 aliphatic rings. The van der Waals surface area contributed by atoms with Gasteiger partial charge in [0.25, 0.3) is 0 Å². The largest absolute Gasteiger partial charge is 2.00 e. The molecule has 0 unspecified atom stereocenters. The molecule has 0 atom stereocenters. The molecule has 7 nitrogen and oxygen atoms in total. The second-order valence-electron chi connectivity index (χ2n) is 12.4. The first-order valence-corrected chi connectivity index (χ1v) is 18.6. The minimum Gasteiger partial charge on any atom is -0.652 e. The number of hydrogen-bond donors (Lipinski definition) is 0. The molecule has 0 aromatic heterocycles. The van der Waals surface area contributed by atoms with Gasteiger partial charge in [-0.15, -0.1) is 0 Å². The van der Waals surface area contributed by atoms with Crippen LogP contribution in [0.1, 0.15) is 219 Å². The second kappa shape index (κ2) is 51.6. The molecule has 0 heterocycles. The van der Waals surface area contributed by atoms with E-state index in [1.165, 1.54) is 167 Å². The van der Waals surface area contributed by atoms with Gasteiger partial charge in [-0.1, -0.05) is 194 Å². The standard InChI is InChI=1S/2C18H36O2.CH2O3.2Mg/c2*1-2-3-4-5-6-7-8-9-10-11-12-13-14-15-16-17-18(19)20;2-1(3)4;;/h2*2-17H2,1H3,(H,19,20);(H2,2,3,4);;/q;;;2*+2/p-4. The van der Waals surface area contributed by atoms with Gasteiger partial charge in [0.2, 0.25) is 0 Å². The minimum absolute atomic E-state index is 0. The van der Waals surface area contributed by atoms with E-state index in [-0.39, 0.29) is 58.9 Å². The first-order chi connectivity index (χ1) is 21.3. The summed E-state index contributed by atoms with van der Waals surface area (Å²) in [5.41, 5.74) is 0. The topological polar surface area (TPSA) is 143 Å². The summed E-state index contributed by atoms with van der Waals surface area (Å²) in [7, 11) is 0. The Kier molecular flexibility index (Phi) is 61.8. The van der Waals surface area contributed by atoms with Crippen LogP contribution in [0.25, 0.3) is 0 Å². The van der Waals surface area contributed by atoms with Crippen LogP contribution in [-0.2, 0) is 9.59 Å². The van der Waals surface area contributed by atoms with Crippen molar-refractivity contribution >= 4 is 64.2 Å². The molecule has 264 valence electrons. The van der Waals surface area contributed by atoms with Crippen LogP contribution in [0.2, 0.25) is 0 Å². The van der Waals surface area contributed by atoms with E-state index in [0.29, 0.717) is 0 Å². The van der Waals surface area contributed by atoms with Gasteiger partial charge in [0.15, 0.2) is 0 Å². The van der Waals surface area contributed by atoms with Gasteiger partial charge in [-0.3, -0.25) is 0 Å². The molecule has 0 fully saturated rings. The molecule has 0 amide bonds. The van der Waals surface area contributed by atoms with E-state index in [1.54, 1.807) is 0 Å². The number of hydrogen-bond acceptors (Lipinski definition) is 7. The SMILES string of the molecule is CCCCCCCCCCCCCCCCCC(=O)[O-].CCCCCCCCCCCCCCCCCC(=O)[O-].O=C([O-])[O-].[Mg+2].[Mg+2]. The zero-order valence-corrected chi connectivity index (χ0v) is 33.2. The monoisotopic (exact) mass is 674 g/mol. The quantitative estimate of drug-likeness (QED) is 0.0564. The zero-order valence-electron chi connectivity index (χ0n) is 30.4. The Hall–Kier alpha value is -0.258. The van der Waals surface area contributed by atoms with E-state index in [9.17, 15) is 19.8 Å². The number of carboxylic acid groups (broad SMARTS) is 4. The van der Waals surface area contributed by atoms with Crippen molar-refractivity contribution in [3.8, 4) is 0 Å². The average molecular weight is 676 g/mol. The fourth-order valence-corrected chi connectivity index (χ4v) is 5.28. The summed E-state index contributed by atoms with van der Waals surface area (Å²) in [5.74, 6) is -1.81. The maximum atomic E-state index is 10.2. The molecule has 0 aromatic carbocycles. The number of carbonyl (C=O) groups excluding carboxylic acids is 3. The van der Waals surface area contributed by atoms with Gasteiger partial charge in [-0.05, 0) is 31.8 Å². The summed E-state index contributed by atoms with van der Waals surface area (Å²) < 4.78 is 0. The Morgan fingerprint density at radius 1 is 0.304 bits per heavy atom. The van der Waals surface area contributed by atoms with Crippen molar-refractivity contribution in [2.75, 3.05) is 0 Å². The summed E-state index contributed by atoms with van der Waals surface area (Å²) in [6, 6.07) is 0. The van der Waals surface area contributed by atoms with Gasteiger partial charge in [0.1, 0.15) is 0 Å². The van der Waals surface area contributed by atoms with Crippen LogP contribution in [-0.4, -0.2) is 64.2 Å². The van der Waals surface area contributed by atoms with Gasteiger partial charge < -0.3 is 34.8 Å². The normalized spacial score (nSPS) is 9.96. The number of carboxylic acids is 2. The number of rotatable bonds is 32. The Labute approximate surface area is 316 Å². The van der Waals surface area contributed by atoms with E-state index in [4.69, 9.17) is 15.0 Å². The molecule has 0 spiro atoms. The predicted octanol–water partition coefficient (Wildman–Crippen LogP) is 6.79. The third-order valence-electron chi connectivity index (χ3n) is 7.97. The fourth-order valence-electron chi connectivity index (χ4n) is 5.28. The van der Waals surface area contributed by atoms with Crippen LogP contribution in [0.3, 0.4) is 0 Å². The molecule has 0 bridgehead atoms. The van der Waals surface area contributed by atoms with Crippen LogP contribution in [0.4, 0.5) is 4.79 Å². The Bertz CT molecular complexity index is 544. The van der Waals surface area contributed by atoms with Gasteiger partial charge in [0, 0.05) is 11.9 Å². The van der Waals surface area contributed by atoms with Gasteiger partial charge in [0.05, 0.1) is 0 Å². The third-order valence-corrected chi connectivity index (χ3v) is 7.97. The van der Waals surface area contributed by atoms with Gasteiger partial charge in [-0.2, -0.15) is 0 Å². The Balaban J connectivity index is -0.000000210. The van der Waals surface area contributed by atoms with Crippen molar-refractivity contribution in [2.45, 2.75) is 219 Å². The van der Waals surface area contributed by atoms with Crippen LogP contribution >= 0.6 is 0 Å². The molecule has 0 radical (unpaired) electrons. The molecular formula is C37H70Mg2O7. The molecule has 0 rings (SSSR count). The first-order valence-electron chi connectivity index (χ1n) is 18.6. The van der Waals surface area contributed by atoms with E-state index in [2.05, 4.69) is 13.8 Å². The number of aliphatic carboxylic acids is 2. The molecular weight excluding hydrogens is 605 g/mol. The van der Waals surface area contributed by atoms with E-state index in [1.807, 2.05) is 0 Å². The summed E-state index contributed by atoms with van der Waals surface area (Å²) in [6.45, 7) is 4.53. The zero-order chi connectivity index (χ0) is 33.4. The summed E-state index contributed by atoms with van der Waals surface area (Å²) in [4.78, 5) is 28.8. The number of unbranched alkanes of at least 4 members (excludes halogenated alkanes) is 28. The fraction of sp³-hybridized carbons (Fsp3) is 0.919. The molecule has 46 heavy (non-hydrogen) atoms. The van der Waals surface area contributed by atoms with Crippen LogP contribution in [0.15, 0.2) is 0 Å². The van der Waals surface area contributed by atoms with E-state index < -0.39 is 18.1 Å². The first kappa shape index (κ1) is 55.2. The van der Waals surface area contributed by atoms with Crippen molar-refractivity contribution in [1.29, 1.82) is 0 Å². The smallest absolute Gasteiger partial charge is 0.652 e. The van der Waals surface area contributed by atoms with Gasteiger partial charge in [-0.25, -0.2) is 0 Å². The number of carbonyl (C=O) groups is 3. The second-order valence-corrected chi connectivity index (χ2v) is 12.4. The Morgan fingerprint density at radius 2 is 0.435 bits per heavy atom. The molecule has 0 aliphatic carbocycles. The van der Waals surface area contributed by atoms with Crippen LogP contribution in [0, 0.1) is 0 Å². The van der Waals surface area contributed by atoms with Crippen molar-refractivity contribution in [2.24, 2.45) is 0 Å². The Morgan fingerprint density at radius 3 is 0.565 bits per heavy atom. The minimum atomic E-state index is -2.33. The molecule has 0 N–H and O–H groups in total. The molecule has 0 aliphatic heterocycles.